The van der Waals surface area contributed by atoms with Crippen LogP contribution in [0.2, 0.25) is 0 Å². The zero-order chi connectivity index (χ0) is 19.6. The van der Waals surface area contributed by atoms with Crippen molar-refractivity contribution in [2.75, 3.05) is 5.73 Å². The van der Waals surface area contributed by atoms with E-state index < -0.39 is 0 Å². The van der Waals surface area contributed by atoms with E-state index in [0.717, 1.165) is 38.9 Å². The van der Waals surface area contributed by atoms with Crippen molar-refractivity contribution in [1.29, 1.82) is 0 Å². The molecule has 0 saturated carbocycles. The molecule has 4 aromatic carbocycles. The van der Waals surface area contributed by atoms with Gasteiger partial charge in [0.1, 0.15) is 0 Å². The van der Waals surface area contributed by atoms with E-state index in [1.807, 2.05) is 78.9 Å². The molecule has 0 aliphatic heterocycles. The lowest BCUT2D eigenvalue weighted by Crippen LogP contribution is -2.00. The van der Waals surface area contributed by atoms with Crippen LogP contribution in [-0.2, 0) is 0 Å². The second kappa shape index (κ2) is 7.21. The predicted molar refractivity (Wildman–Crippen MR) is 120 cm³/mol. The summed E-state index contributed by atoms with van der Waals surface area (Å²) in [7, 11) is 0. The van der Waals surface area contributed by atoms with Crippen LogP contribution in [0.1, 0.15) is 0 Å². The molecule has 2 N–H and O–H groups in total. The molecule has 0 aliphatic carbocycles. The highest BCUT2D eigenvalue weighted by Gasteiger charge is 2.16. The van der Waals surface area contributed by atoms with Crippen molar-refractivity contribution in [3.63, 3.8) is 0 Å². The van der Waals surface area contributed by atoms with Crippen molar-refractivity contribution >= 4 is 16.6 Å². The number of fused-ring (bicyclic) bond motifs is 1. The molecule has 0 aliphatic rings. The Kier molecular flexibility index (Phi) is 4.26. The van der Waals surface area contributed by atoms with Crippen LogP contribution in [-0.4, -0.2) is 9.97 Å². The average molecular weight is 373 g/mol. The summed E-state index contributed by atoms with van der Waals surface area (Å²) in [4.78, 5) is 9.78. The predicted octanol–water partition coefficient (Wildman–Crippen LogP) is 6.21. The average Bonchev–Trinajstić information content (AvgIpc) is 2.80. The Morgan fingerprint density at radius 1 is 0.517 bits per heavy atom. The van der Waals surface area contributed by atoms with Crippen LogP contribution in [0.15, 0.2) is 103 Å². The minimum atomic E-state index is 0.698. The van der Waals surface area contributed by atoms with Crippen molar-refractivity contribution in [2.45, 2.75) is 0 Å². The number of nitrogens with zero attached hydrogens (tertiary/aromatic N) is 2. The number of benzene rings is 4. The summed E-state index contributed by atoms with van der Waals surface area (Å²) in [5.74, 6) is 0.698. The van der Waals surface area contributed by atoms with Crippen LogP contribution >= 0.6 is 0 Å². The molecule has 0 amide bonds. The first-order chi connectivity index (χ1) is 14.3. The van der Waals surface area contributed by atoms with Crippen molar-refractivity contribution in [1.82, 2.24) is 9.97 Å². The second-order valence-electron chi connectivity index (χ2n) is 6.91. The van der Waals surface area contributed by atoms with Gasteiger partial charge in [-0.05, 0) is 11.6 Å². The van der Waals surface area contributed by atoms with Gasteiger partial charge in [-0.15, -0.1) is 0 Å². The molecular formula is C26H19N3. The molecule has 0 saturated heterocycles. The van der Waals surface area contributed by atoms with Crippen molar-refractivity contribution < 1.29 is 0 Å². The van der Waals surface area contributed by atoms with E-state index in [4.69, 9.17) is 15.7 Å². The standard InChI is InChI=1S/C26H19N3/c27-24-21(18-10-4-1-5-11-18)16-17-22-23(24)25(19-12-6-2-7-13-19)29-26(28-22)20-14-8-3-9-15-20/h1-17H,27H2. The van der Waals surface area contributed by atoms with Crippen LogP contribution in [0.5, 0.6) is 0 Å². The zero-order valence-corrected chi connectivity index (χ0v) is 15.8. The van der Waals surface area contributed by atoms with Crippen molar-refractivity contribution in [3.8, 4) is 33.8 Å². The summed E-state index contributed by atoms with van der Waals surface area (Å²) in [5.41, 5.74) is 13.2. The lowest BCUT2D eigenvalue weighted by molar-refractivity contribution is 1.23. The first kappa shape index (κ1) is 17.1. The number of aromatic nitrogens is 2. The quantitative estimate of drug-likeness (QED) is 0.382. The van der Waals surface area contributed by atoms with Crippen molar-refractivity contribution in [3.05, 3.63) is 103 Å². The number of hydrogen-bond acceptors (Lipinski definition) is 3. The topological polar surface area (TPSA) is 51.8 Å². The third kappa shape index (κ3) is 3.13. The first-order valence-electron chi connectivity index (χ1n) is 9.58. The van der Waals surface area contributed by atoms with Crippen LogP contribution < -0.4 is 5.73 Å². The fourth-order valence-electron chi connectivity index (χ4n) is 3.64. The van der Waals surface area contributed by atoms with Crippen molar-refractivity contribution in [2.24, 2.45) is 0 Å². The van der Waals surface area contributed by atoms with Gasteiger partial charge >= 0.3 is 0 Å². The maximum absolute atomic E-state index is 6.70. The largest absolute Gasteiger partial charge is 0.398 e. The van der Waals surface area contributed by atoms with Gasteiger partial charge in [0, 0.05) is 16.7 Å². The highest BCUT2D eigenvalue weighted by atomic mass is 14.9. The van der Waals surface area contributed by atoms with Gasteiger partial charge in [0.25, 0.3) is 0 Å². The van der Waals surface area contributed by atoms with Gasteiger partial charge in [-0.1, -0.05) is 97.1 Å². The van der Waals surface area contributed by atoms with Crippen LogP contribution in [0, 0.1) is 0 Å². The van der Waals surface area contributed by atoms with E-state index in [1.165, 1.54) is 0 Å². The van der Waals surface area contributed by atoms with Crippen LogP contribution in [0.3, 0.4) is 0 Å². The van der Waals surface area contributed by atoms with Crippen LogP contribution in [0.4, 0.5) is 5.69 Å². The molecule has 0 bridgehead atoms. The van der Waals surface area contributed by atoms with E-state index in [0.29, 0.717) is 11.5 Å². The van der Waals surface area contributed by atoms with Crippen LogP contribution in [0.25, 0.3) is 44.7 Å². The second-order valence-corrected chi connectivity index (χ2v) is 6.91. The molecule has 5 rings (SSSR count). The minimum Gasteiger partial charge on any atom is -0.398 e. The van der Waals surface area contributed by atoms with E-state index in [9.17, 15) is 0 Å². The fraction of sp³-hybridized carbons (Fsp3) is 0. The molecule has 0 fully saturated rings. The highest BCUT2D eigenvalue weighted by Crippen LogP contribution is 2.37. The van der Waals surface area contributed by atoms with Gasteiger partial charge in [-0.2, -0.15) is 0 Å². The first-order valence-corrected chi connectivity index (χ1v) is 9.58. The summed E-state index contributed by atoms with van der Waals surface area (Å²) in [6.07, 6.45) is 0. The smallest absolute Gasteiger partial charge is 0.160 e. The van der Waals surface area contributed by atoms with Gasteiger partial charge in [-0.25, -0.2) is 9.97 Å². The minimum absolute atomic E-state index is 0.698. The maximum Gasteiger partial charge on any atom is 0.160 e. The third-order valence-corrected chi connectivity index (χ3v) is 5.07. The number of nitrogens with two attached hydrogens (primary N) is 1. The summed E-state index contributed by atoms with van der Waals surface area (Å²) in [5, 5.41) is 0.886. The lowest BCUT2D eigenvalue weighted by atomic mass is 9.97. The molecule has 0 unspecified atom stereocenters. The summed E-state index contributed by atoms with van der Waals surface area (Å²) < 4.78 is 0. The molecule has 0 atom stereocenters. The normalized spacial score (nSPS) is 10.9. The lowest BCUT2D eigenvalue weighted by Gasteiger charge is -2.14. The molecule has 3 heteroatoms. The SMILES string of the molecule is Nc1c(-c2ccccc2)ccc2nc(-c3ccccc3)nc(-c3ccccc3)c12. The summed E-state index contributed by atoms with van der Waals surface area (Å²) >= 11 is 0. The maximum atomic E-state index is 6.70. The molecule has 1 aromatic heterocycles. The summed E-state index contributed by atoms with van der Waals surface area (Å²) in [6.45, 7) is 0. The Balaban J connectivity index is 1.83. The molecular weight excluding hydrogens is 354 g/mol. The van der Waals surface area contributed by atoms with E-state index in [-0.39, 0.29) is 0 Å². The van der Waals surface area contributed by atoms with Gasteiger partial charge in [-0.3, -0.25) is 0 Å². The molecule has 138 valence electrons. The Morgan fingerprint density at radius 2 is 1.07 bits per heavy atom. The number of rotatable bonds is 3. The van der Waals surface area contributed by atoms with Gasteiger partial charge in [0.15, 0.2) is 5.82 Å². The number of anilines is 1. The Hall–Kier alpha value is -3.98. The third-order valence-electron chi connectivity index (χ3n) is 5.07. The summed E-state index contributed by atoms with van der Waals surface area (Å²) in [6, 6.07) is 34.5. The molecule has 3 nitrogen and oxygen atoms in total. The monoisotopic (exact) mass is 373 g/mol. The molecule has 5 aromatic rings. The molecule has 0 radical (unpaired) electrons. The van der Waals surface area contributed by atoms with E-state index in [2.05, 4.69) is 24.3 Å². The zero-order valence-electron chi connectivity index (χ0n) is 15.8. The Bertz CT molecular complexity index is 1280. The van der Waals surface area contributed by atoms with E-state index in [1.54, 1.807) is 0 Å². The molecule has 29 heavy (non-hydrogen) atoms. The number of nitrogen functional groups attached to an aromatic ring is 1. The van der Waals surface area contributed by atoms with Gasteiger partial charge in [0.2, 0.25) is 0 Å². The van der Waals surface area contributed by atoms with Gasteiger partial charge in [0.05, 0.1) is 22.3 Å². The molecule has 1 heterocycles. The van der Waals surface area contributed by atoms with Gasteiger partial charge < -0.3 is 5.73 Å². The van der Waals surface area contributed by atoms with E-state index >= 15 is 0 Å². The Morgan fingerprint density at radius 3 is 1.69 bits per heavy atom. The Labute approximate surface area is 169 Å². The fourth-order valence-corrected chi connectivity index (χ4v) is 3.64. The molecule has 0 spiro atoms. The number of hydrogen-bond donors (Lipinski definition) is 1. The highest BCUT2D eigenvalue weighted by molar-refractivity contribution is 6.06.